The molecule has 164 valence electrons. The van der Waals surface area contributed by atoms with Crippen molar-refractivity contribution >= 4 is 18.0 Å². The number of hydroxylamine groups is 3. The third kappa shape index (κ3) is 5.28. The number of carbonyl (C=O) groups is 3. The molecule has 3 atom stereocenters. The van der Waals surface area contributed by atoms with Crippen molar-refractivity contribution in [2.24, 2.45) is 0 Å². The second-order valence-corrected chi connectivity index (χ2v) is 8.58. The number of urea groups is 1. The van der Waals surface area contributed by atoms with E-state index < -0.39 is 35.8 Å². The van der Waals surface area contributed by atoms with Gasteiger partial charge in [-0.25, -0.2) is 20.1 Å². The van der Waals surface area contributed by atoms with Crippen LogP contribution in [-0.2, 0) is 19.1 Å². The van der Waals surface area contributed by atoms with Gasteiger partial charge in [-0.15, -0.1) is 0 Å². The van der Waals surface area contributed by atoms with E-state index >= 15 is 0 Å². The van der Waals surface area contributed by atoms with E-state index in [0.29, 0.717) is 50.6 Å². The highest BCUT2D eigenvalue weighted by Gasteiger charge is 2.46. The monoisotopic (exact) mass is 414 g/mol. The molecule has 3 unspecified atom stereocenters. The highest BCUT2D eigenvalue weighted by atomic mass is 16.7. The highest BCUT2D eigenvalue weighted by Crippen LogP contribution is 2.28. The minimum atomic E-state index is -0.677. The SMILES string of the molecule is CC(C)(C)OC(=O)N1CCCOC(CONC(=O)C2CCC3CN2C(=O)N3O)C1. The fourth-order valence-electron chi connectivity index (χ4n) is 3.69. The second kappa shape index (κ2) is 8.72. The van der Waals surface area contributed by atoms with E-state index in [9.17, 15) is 19.6 Å². The maximum atomic E-state index is 12.4. The molecular weight excluding hydrogens is 384 g/mol. The quantitative estimate of drug-likeness (QED) is 0.513. The van der Waals surface area contributed by atoms with Gasteiger partial charge in [0.2, 0.25) is 0 Å². The van der Waals surface area contributed by atoms with Gasteiger partial charge < -0.3 is 19.3 Å². The minimum absolute atomic E-state index is 0.0560. The Morgan fingerprint density at radius 3 is 2.76 bits per heavy atom. The number of ether oxygens (including phenoxy) is 2. The van der Waals surface area contributed by atoms with Crippen LogP contribution >= 0.6 is 0 Å². The van der Waals surface area contributed by atoms with Gasteiger partial charge in [0.25, 0.3) is 5.91 Å². The zero-order valence-corrected chi connectivity index (χ0v) is 17.1. The van der Waals surface area contributed by atoms with Gasteiger partial charge in [0, 0.05) is 19.7 Å². The maximum Gasteiger partial charge on any atom is 0.410 e. The summed E-state index contributed by atoms with van der Waals surface area (Å²) >= 11 is 0. The third-order valence-electron chi connectivity index (χ3n) is 5.09. The Morgan fingerprint density at radius 2 is 2.03 bits per heavy atom. The number of amides is 4. The molecule has 2 bridgehead atoms. The van der Waals surface area contributed by atoms with Gasteiger partial charge in [-0.1, -0.05) is 0 Å². The van der Waals surface area contributed by atoms with Gasteiger partial charge in [0.05, 0.1) is 12.6 Å². The molecule has 11 heteroatoms. The van der Waals surface area contributed by atoms with Crippen LogP contribution in [0.25, 0.3) is 0 Å². The van der Waals surface area contributed by atoms with E-state index in [1.165, 1.54) is 4.90 Å². The van der Waals surface area contributed by atoms with Gasteiger partial charge in [0.1, 0.15) is 24.4 Å². The first-order chi connectivity index (χ1) is 13.7. The zero-order chi connectivity index (χ0) is 21.2. The van der Waals surface area contributed by atoms with Crippen LogP contribution in [0.15, 0.2) is 0 Å². The zero-order valence-electron chi connectivity index (χ0n) is 17.1. The van der Waals surface area contributed by atoms with E-state index in [4.69, 9.17) is 14.3 Å². The molecule has 3 aliphatic rings. The normalized spacial score (nSPS) is 27.7. The molecule has 2 N–H and O–H groups in total. The molecule has 3 aliphatic heterocycles. The Balaban J connectivity index is 1.46. The van der Waals surface area contributed by atoms with Crippen LogP contribution in [0.2, 0.25) is 0 Å². The Morgan fingerprint density at radius 1 is 1.28 bits per heavy atom. The summed E-state index contributed by atoms with van der Waals surface area (Å²) < 4.78 is 11.1. The smallest absolute Gasteiger partial charge is 0.410 e. The van der Waals surface area contributed by atoms with Crippen molar-refractivity contribution in [2.75, 3.05) is 32.8 Å². The number of carbonyl (C=O) groups excluding carboxylic acids is 3. The molecule has 0 spiro atoms. The highest BCUT2D eigenvalue weighted by molar-refractivity contribution is 5.87. The van der Waals surface area contributed by atoms with Crippen LogP contribution in [0.1, 0.15) is 40.0 Å². The average molecular weight is 414 g/mol. The summed E-state index contributed by atoms with van der Waals surface area (Å²) in [5.74, 6) is -0.440. The minimum Gasteiger partial charge on any atom is -0.444 e. The number of piperidine rings is 1. The lowest BCUT2D eigenvalue weighted by Crippen LogP contribution is -2.50. The van der Waals surface area contributed by atoms with E-state index in [1.54, 1.807) is 4.90 Å². The Bertz CT molecular complexity index is 638. The van der Waals surface area contributed by atoms with Crippen LogP contribution in [0, 0.1) is 0 Å². The third-order valence-corrected chi connectivity index (χ3v) is 5.09. The molecule has 3 fully saturated rings. The largest absolute Gasteiger partial charge is 0.444 e. The fourth-order valence-corrected chi connectivity index (χ4v) is 3.69. The maximum absolute atomic E-state index is 12.4. The Hall–Kier alpha value is -2.11. The predicted octanol–water partition coefficient (Wildman–Crippen LogP) is 0.718. The van der Waals surface area contributed by atoms with Crippen molar-refractivity contribution in [2.45, 2.75) is 63.8 Å². The van der Waals surface area contributed by atoms with Gasteiger partial charge in [0.15, 0.2) is 0 Å². The topological polar surface area (TPSA) is 121 Å². The van der Waals surface area contributed by atoms with Gasteiger partial charge in [-0.3, -0.25) is 14.8 Å². The van der Waals surface area contributed by atoms with Crippen molar-refractivity contribution in [3.8, 4) is 0 Å². The number of fused-ring (bicyclic) bond motifs is 2. The van der Waals surface area contributed by atoms with Crippen molar-refractivity contribution < 1.29 is 33.9 Å². The van der Waals surface area contributed by atoms with Crippen molar-refractivity contribution in [1.29, 1.82) is 0 Å². The van der Waals surface area contributed by atoms with Crippen LogP contribution < -0.4 is 5.48 Å². The standard InChI is InChI=1S/C18H30N4O7/c1-18(2,3)29-17(25)20-7-4-8-27-13(10-20)11-28-19-15(23)14-6-5-12-9-21(14)16(24)22(12)26/h12-14,26H,4-11H2,1-3H3,(H,19,23). The summed E-state index contributed by atoms with van der Waals surface area (Å²) in [5.41, 5.74) is 1.79. The average Bonchev–Trinajstić information content (AvgIpc) is 2.83. The van der Waals surface area contributed by atoms with Crippen LogP contribution in [0.3, 0.4) is 0 Å². The first-order valence-electron chi connectivity index (χ1n) is 9.95. The summed E-state index contributed by atoms with van der Waals surface area (Å²) in [6.07, 6.45) is 0.861. The molecule has 0 aromatic heterocycles. The molecule has 3 heterocycles. The van der Waals surface area contributed by atoms with E-state index in [-0.39, 0.29) is 12.6 Å². The molecule has 0 saturated carbocycles. The van der Waals surface area contributed by atoms with Crippen LogP contribution in [-0.4, -0.2) is 94.7 Å². The summed E-state index contributed by atoms with van der Waals surface area (Å²) in [4.78, 5) is 44.9. The Labute approximate surface area is 169 Å². The van der Waals surface area contributed by atoms with E-state index in [1.807, 2.05) is 20.8 Å². The summed E-state index contributed by atoms with van der Waals surface area (Å²) in [6, 6.07) is -1.50. The lowest BCUT2D eigenvalue weighted by Gasteiger charge is -2.29. The number of rotatable bonds is 4. The fraction of sp³-hybridized carbons (Fsp3) is 0.833. The number of nitrogens with zero attached hydrogens (tertiary/aromatic N) is 3. The van der Waals surface area contributed by atoms with Gasteiger partial charge in [-0.2, -0.15) is 0 Å². The van der Waals surface area contributed by atoms with Crippen LogP contribution in [0.4, 0.5) is 9.59 Å². The van der Waals surface area contributed by atoms with Gasteiger partial charge in [-0.05, 0) is 40.0 Å². The van der Waals surface area contributed by atoms with Gasteiger partial charge >= 0.3 is 12.1 Å². The molecular formula is C18H30N4O7. The Kier molecular flexibility index (Phi) is 6.49. The molecule has 0 aliphatic carbocycles. The number of nitrogens with one attached hydrogen (secondary N) is 1. The molecule has 11 nitrogen and oxygen atoms in total. The molecule has 3 saturated heterocycles. The van der Waals surface area contributed by atoms with Crippen molar-refractivity contribution in [3.63, 3.8) is 0 Å². The van der Waals surface area contributed by atoms with Crippen molar-refractivity contribution in [1.82, 2.24) is 20.3 Å². The molecule has 0 aromatic carbocycles. The number of hydrogen-bond donors (Lipinski definition) is 2. The predicted molar refractivity (Wildman–Crippen MR) is 98.8 cm³/mol. The van der Waals surface area contributed by atoms with Crippen LogP contribution in [0.5, 0.6) is 0 Å². The summed E-state index contributed by atoms with van der Waals surface area (Å²) in [7, 11) is 0. The van der Waals surface area contributed by atoms with E-state index in [0.717, 1.165) is 0 Å². The first kappa shape index (κ1) is 21.6. The van der Waals surface area contributed by atoms with Crippen molar-refractivity contribution in [3.05, 3.63) is 0 Å². The first-order valence-corrected chi connectivity index (χ1v) is 9.95. The lowest BCUT2D eigenvalue weighted by molar-refractivity contribution is -0.142. The molecule has 3 rings (SSSR count). The molecule has 0 radical (unpaired) electrons. The summed E-state index contributed by atoms with van der Waals surface area (Å²) in [6.45, 7) is 7.10. The summed E-state index contributed by atoms with van der Waals surface area (Å²) in [5, 5.41) is 10.4. The van der Waals surface area contributed by atoms with E-state index in [2.05, 4.69) is 5.48 Å². The second-order valence-electron chi connectivity index (χ2n) is 8.58. The molecule has 29 heavy (non-hydrogen) atoms. The molecule has 0 aromatic rings. The molecule has 4 amide bonds. The number of hydrogen-bond acceptors (Lipinski definition) is 7. The lowest BCUT2D eigenvalue weighted by atomic mass is 10.0.